The van der Waals surface area contributed by atoms with Gasteiger partial charge in [-0.1, -0.05) is 152 Å². The van der Waals surface area contributed by atoms with Crippen LogP contribution in [0.15, 0.2) is 211 Å². The average Bonchev–Trinajstić information content (AvgIpc) is 3.81. The number of hydrogen-bond acceptors (Lipinski definition) is 2. The molecule has 258 valence electrons. The van der Waals surface area contributed by atoms with E-state index in [1.54, 1.807) is 0 Å². The molecule has 0 N–H and O–H groups in total. The van der Waals surface area contributed by atoms with Crippen LogP contribution in [0, 0.1) is 0 Å². The van der Waals surface area contributed by atoms with Gasteiger partial charge in [0.05, 0.1) is 33.5 Å². The van der Waals surface area contributed by atoms with E-state index < -0.39 is 0 Å². The van der Waals surface area contributed by atoms with Crippen LogP contribution >= 0.6 is 0 Å². The van der Waals surface area contributed by atoms with Crippen molar-refractivity contribution in [2.75, 3.05) is 4.90 Å². The molecule has 0 fully saturated rings. The van der Waals surface area contributed by atoms with Crippen molar-refractivity contribution in [1.82, 2.24) is 4.57 Å². The minimum atomic E-state index is 0.860. The Labute approximate surface area is 318 Å². The normalized spacial score (nSPS) is 11.6. The Balaban J connectivity index is 1.14. The number of furan rings is 1. The van der Waals surface area contributed by atoms with Gasteiger partial charge in [-0.2, -0.15) is 0 Å². The number of nitrogens with zero attached hydrogens (tertiary/aromatic N) is 2. The molecule has 0 saturated heterocycles. The molecule has 11 rings (SSSR count). The third-order valence-electron chi connectivity index (χ3n) is 11.0. The standard InChI is InChI=1S/C52H34N2O/c1-2-13-35(14-3-1)36-25-27-37(28-26-36)38-29-32-40(33-30-38)53(49-23-12-24-50-51(49)44-34-31-39-15-4-5-16-41(39)52(44)55-50)47-21-10-11-22-48(47)54-45-19-8-6-17-42(45)43-18-7-9-20-46(43)54/h1-34H. The van der Waals surface area contributed by atoms with Crippen molar-refractivity contribution in [1.29, 1.82) is 0 Å². The molecule has 55 heavy (non-hydrogen) atoms. The molecule has 2 aromatic heterocycles. The van der Waals surface area contributed by atoms with Crippen molar-refractivity contribution < 1.29 is 4.42 Å². The average molecular weight is 703 g/mol. The lowest BCUT2D eigenvalue weighted by molar-refractivity contribution is 0.672. The third kappa shape index (κ3) is 5.05. The number of rotatable bonds is 6. The van der Waals surface area contributed by atoms with Crippen molar-refractivity contribution in [3.05, 3.63) is 206 Å². The first-order valence-corrected chi connectivity index (χ1v) is 18.8. The molecule has 0 spiro atoms. The summed E-state index contributed by atoms with van der Waals surface area (Å²) in [5.74, 6) is 0. The van der Waals surface area contributed by atoms with Crippen LogP contribution in [0.1, 0.15) is 0 Å². The lowest BCUT2D eigenvalue weighted by Crippen LogP contribution is -2.13. The minimum absolute atomic E-state index is 0.860. The Bertz CT molecular complexity index is 3140. The molecule has 0 saturated carbocycles. The largest absolute Gasteiger partial charge is 0.455 e. The molecule has 0 aliphatic rings. The molecular weight excluding hydrogens is 669 g/mol. The second-order valence-electron chi connectivity index (χ2n) is 14.1. The Morgan fingerprint density at radius 2 is 0.909 bits per heavy atom. The molecule has 0 atom stereocenters. The first-order valence-electron chi connectivity index (χ1n) is 18.8. The van der Waals surface area contributed by atoms with E-state index in [1.807, 2.05) is 0 Å². The zero-order valence-corrected chi connectivity index (χ0v) is 29.9. The summed E-state index contributed by atoms with van der Waals surface area (Å²) in [6, 6.07) is 73.9. The third-order valence-corrected chi connectivity index (χ3v) is 11.0. The Morgan fingerprint density at radius 1 is 0.364 bits per heavy atom. The van der Waals surface area contributed by atoms with Gasteiger partial charge in [-0.05, 0) is 82.2 Å². The van der Waals surface area contributed by atoms with Crippen molar-refractivity contribution in [3.8, 4) is 27.9 Å². The van der Waals surface area contributed by atoms with Gasteiger partial charge >= 0.3 is 0 Å². The van der Waals surface area contributed by atoms with Gasteiger partial charge in [0.2, 0.25) is 0 Å². The van der Waals surface area contributed by atoms with Crippen LogP contribution in [0.4, 0.5) is 17.1 Å². The summed E-state index contributed by atoms with van der Waals surface area (Å²) in [5, 5.41) is 6.92. The van der Waals surface area contributed by atoms with E-state index in [2.05, 4.69) is 216 Å². The minimum Gasteiger partial charge on any atom is -0.455 e. The van der Waals surface area contributed by atoms with Crippen LogP contribution in [0.2, 0.25) is 0 Å². The molecule has 0 bridgehead atoms. The summed E-state index contributed by atoms with van der Waals surface area (Å²) in [6.07, 6.45) is 0. The predicted octanol–water partition coefficient (Wildman–Crippen LogP) is 14.6. The van der Waals surface area contributed by atoms with Gasteiger partial charge in [0.1, 0.15) is 11.2 Å². The van der Waals surface area contributed by atoms with Crippen LogP contribution < -0.4 is 4.90 Å². The SMILES string of the molecule is c1ccc(-c2ccc(-c3ccc(N(c4ccccc4-n4c5ccccc5c5ccccc54)c4cccc5oc6c7ccccc7ccc6c45)cc3)cc2)cc1. The van der Waals surface area contributed by atoms with Crippen LogP contribution in [0.5, 0.6) is 0 Å². The van der Waals surface area contributed by atoms with Gasteiger partial charge in [0, 0.05) is 27.2 Å². The molecule has 11 aromatic rings. The number of para-hydroxylation sites is 4. The van der Waals surface area contributed by atoms with Gasteiger partial charge in [0.25, 0.3) is 0 Å². The van der Waals surface area contributed by atoms with Crippen molar-refractivity contribution in [2.24, 2.45) is 0 Å². The van der Waals surface area contributed by atoms with Gasteiger partial charge in [-0.15, -0.1) is 0 Å². The van der Waals surface area contributed by atoms with Gasteiger partial charge in [-0.25, -0.2) is 0 Å². The molecule has 2 heterocycles. The van der Waals surface area contributed by atoms with E-state index in [4.69, 9.17) is 4.42 Å². The second kappa shape index (κ2) is 12.6. The fourth-order valence-corrected chi connectivity index (χ4v) is 8.44. The van der Waals surface area contributed by atoms with Crippen molar-refractivity contribution in [2.45, 2.75) is 0 Å². The Hall–Kier alpha value is -7.36. The van der Waals surface area contributed by atoms with Crippen LogP contribution in [0.25, 0.3) is 82.5 Å². The van der Waals surface area contributed by atoms with Crippen LogP contribution in [-0.4, -0.2) is 4.57 Å². The smallest absolute Gasteiger partial charge is 0.143 e. The molecule has 3 nitrogen and oxygen atoms in total. The fraction of sp³-hybridized carbons (Fsp3) is 0. The number of anilines is 3. The predicted molar refractivity (Wildman–Crippen MR) is 231 cm³/mol. The Morgan fingerprint density at radius 3 is 1.62 bits per heavy atom. The van der Waals surface area contributed by atoms with E-state index in [0.717, 1.165) is 61.0 Å². The summed E-state index contributed by atoms with van der Waals surface area (Å²) in [6.45, 7) is 0. The molecule has 0 amide bonds. The maximum Gasteiger partial charge on any atom is 0.143 e. The molecule has 0 aliphatic heterocycles. The lowest BCUT2D eigenvalue weighted by Gasteiger charge is -2.29. The first kappa shape index (κ1) is 31.2. The molecule has 0 radical (unpaired) electrons. The van der Waals surface area contributed by atoms with E-state index in [9.17, 15) is 0 Å². The van der Waals surface area contributed by atoms with Crippen LogP contribution in [0.3, 0.4) is 0 Å². The molecule has 0 aliphatic carbocycles. The number of hydrogen-bond donors (Lipinski definition) is 0. The van der Waals surface area contributed by atoms with Crippen LogP contribution in [-0.2, 0) is 0 Å². The van der Waals surface area contributed by atoms with E-state index in [1.165, 1.54) is 38.5 Å². The topological polar surface area (TPSA) is 21.3 Å². The van der Waals surface area contributed by atoms with Crippen molar-refractivity contribution >= 4 is 71.6 Å². The Kier molecular flexibility index (Phi) is 7.17. The molecule has 9 aromatic carbocycles. The highest BCUT2D eigenvalue weighted by Gasteiger charge is 2.24. The highest BCUT2D eigenvalue weighted by Crippen LogP contribution is 2.47. The second-order valence-corrected chi connectivity index (χ2v) is 14.1. The summed E-state index contributed by atoms with van der Waals surface area (Å²) >= 11 is 0. The van der Waals surface area contributed by atoms with Gasteiger partial charge < -0.3 is 13.9 Å². The number of fused-ring (bicyclic) bond motifs is 8. The highest BCUT2D eigenvalue weighted by molar-refractivity contribution is 6.20. The summed E-state index contributed by atoms with van der Waals surface area (Å²) < 4.78 is 9.15. The zero-order chi connectivity index (χ0) is 36.3. The fourth-order valence-electron chi connectivity index (χ4n) is 8.44. The summed E-state index contributed by atoms with van der Waals surface area (Å²) in [4.78, 5) is 2.41. The molecule has 3 heteroatoms. The van der Waals surface area contributed by atoms with Gasteiger partial charge in [0.15, 0.2) is 0 Å². The molecular formula is C52H34N2O. The summed E-state index contributed by atoms with van der Waals surface area (Å²) in [7, 11) is 0. The first-order chi connectivity index (χ1) is 27.3. The highest BCUT2D eigenvalue weighted by atomic mass is 16.3. The maximum absolute atomic E-state index is 6.73. The van der Waals surface area contributed by atoms with E-state index in [0.29, 0.717) is 0 Å². The number of benzene rings is 9. The monoisotopic (exact) mass is 702 g/mol. The summed E-state index contributed by atoms with van der Waals surface area (Å²) in [5.41, 5.74) is 13.2. The molecule has 0 unspecified atom stereocenters. The van der Waals surface area contributed by atoms with E-state index in [-0.39, 0.29) is 0 Å². The van der Waals surface area contributed by atoms with E-state index >= 15 is 0 Å². The van der Waals surface area contributed by atoms with Crippen molar-refractivity contribution in [3.63, 3.8) is 0 Å². The quantitative estimate of drug-likeness (QED) is 0.172. The van der Waals surface area contributed by atoms with Gasteiger partial charge in [-0.3, -0.25) is 0 Å². The lowest BCUT2D eigenvalue weighted by atomic mass is 10.00. The number of aromatic nitrogens is 1. The zero-order valence-electron chi connectivity index (χ0n) is 29.9. The maximum atomic E-state index is 6.73.